The average Bonchev–Trinajstić information content (AvgIpc) is 2.95. The topological polar surface area (TPSA) is 86.3 Å². The Morgan fingerprint density at radius 3 is 2.42 bits per heavy atom. The molecule has 0 saturated heterocycles. The van der Waals surface area contributed by atoms with Gasteiger partial charge in [0.15, 0.2) is 0 Å². The molecule has 0 heterocycles. The second-order valence-electron chi connectivity index (χ2n) is 6.23. The van der Waals surface area contributed by atoms with Crippen molar-refractivity contribution in [3.63, 3.8) is 0 Å². The molecule has 0 amide bonds. The van der Waals surface area contributed by atoms with Crippen molar-refractivity contribution in [2.75, 3.05) is 6.54 Å². The molecule has 1 unspecified atom stereocenters. The number of nitrogens with one attached hydrogen (secondary N) is 1. The third-order valence-corrected chi connectivity index (χ3v) is 6.01. The van der Waals surface area contributed by atoms with Crippen LogP contribution in [-0.2, 0) is 34.1 Å². The molecule has 0 spiro atoms. The van der Waals surface area contributed by atoms with E-state index in [1.165, 1.54) is 12.1 Å². The quantitative estimate of drug-likeness (QED) is 0.586. The van der Waals surface area contributed by atoms with Crippen LogP contribution in [-0.4, -0.2) is 20.9 Å². The number of hydrogen-bond acceptors (Lipinski definition) is 4. The summed E-state index contributed by atoms with van der Waals surface area (Å²) in [4.78, 5) is 10.9. The Labute approximate surface area is 180 Å². The van der Waals surface area contributed by atoms with Crippen LogP contribution in [0.2, 0.25) is 5.02 Å². The van der Waals surface area contributed by atoms with E-state index in [1.54, 1.807) is 18.2 Å². The van der Waals surface area contributed by atoms with Gasteiger partial charge in [0.05, 0.1) is 4.90 Å². The molecule has 8 heteroatoms. The first kappa shape index (κ1) is 21.4. The summed E-state index contributed by atoms with van der Waals surface area (Å²) in [6.45, 7) is 0.329. The van der Waals surface area contributed by atoms with Gasteiger partial charge in [0.1, 0.15) is 0 Å². The van der Waals surface area contributed by atoms with Crippen LogP contribution in [0.25, 0.3) is 0 Å². The van der Waals surface area contributed by atoms with E-state index in [4.69, 9.17) is 11.6 Å². The molecule has 3 rings (SSSR count). The van der Waals surface area contributed by atoms with Crippen molar-refractivity contribution in [3.8, 4) is 0 Å². The molecule has 0 aromatic heterocycles. The maximum atomic E-state index is 12.3. The van der Waals surface area contributed by atoms with Crippen molar-refractivity contribution in [2.45, 2.75) is 24.2 Å². The van der Waals surface area contributed by atoms with Crippen LogP contribution in [0.5, 0.6) is 0 Å². The number of aliphatic carboxylic acids is 1. The number of sulfonamides is 1. The smallest absolute Gasteiger partial charge is 0.550 e. The van der Waals surface area contributed by atoms with E-state index in [0.717, 1.165) is 24.0 Å². The van der Waals surface area contributed by atoms with Gasteiger partial charge in [-0.3, -0.25) is 0 Å². The molecule has 1 aliphatic rings. The zero-order valence-electron chi connectivity index (χ0n) is 14.4. The Balaban J connectivity index is 0.00000243. The molecule has 1 atom stereocenters. The fourth-order valence-corrected chi connectivity index (χ4v) is 4.35. The Morgan fingerprint density at radius 1 is 1.12 bits per heavy atom. The predicted molar refractivity (Wildman–Crippen MR) is 92.7 cm³/mol. The number of carbonyl (C=O) groups is 1. The summed E-state index contributed by atoms with van der Waals surface area (Å²) in [7, 11) is -3.57. The molecule has 2 aromatic rings. The normalized spacial score (nSPS) is 16.0. The van der Waals surface area contributed by atoms with Crippen molar-refractivity contribution in [1.29, 1.82) is 0 Å². The van der Waals surface area contributed by atoms with Gasteiger partial charge >= 0.3 is 29.6 Å². The monoisotopic (exact) mass is 401 g/mol. The van der Waals surface area contributed by atoms with Gasteiger partial charge in [0.25, 0.3) is 0 Å². The maximum Gasteiger partial charge on any atom is 1.00 e. The zero-order chi connectivity index (χ0) is 18.0. The second kappa shape index (κ2) is 8.87. The van der Waals surface area contributed by atoms with Gasteiger partial charge in [0.2, 0.25) is 10.0 Å². The molecule has 0 aliphatic heterocycles. The molecule has 0 bridgehead atoms. The fraction of sp³-hybridized carbons (Fsp3) is 0.278. The van der Waals surface area contributed by atoms with E-state index in [1.807, 2.05) is 12.1 Å². The summed E-state index contributed by atoms with van der Waals surface area (Å²) in [6, 6.07) is 11.6. The number of hydrogen-bond donors (Lipinski definition) is 1. The molecular weight excluding hydrogens is 385 g/mol. The molecule has 1 N–H and O–H groups in total. The van der Waals surface area contributed by atoms with Crippen LogP contribution in [0.3, 0.4) is 0 Å². The van der Waals surface area contributed by atoms with Crippen LogP contribution in [0, 0.1) is 5.92 Å². The van der Waals surface area contributed by atoms with E-state index >= 15 is 0 Å². The Bertz CT molecular complexity index is 900. The number of halogens is 1. The zero-order valence-corrected chi connectivity index (χ0v) is 17.9. The number of fused-ring (bicyclic) bond motifs is 1. The van der Waals surface area contributed by atoms with Gasteiger partial charge in [-0.25, -0.2) is 13.1 Å². The molecule has 0 radical (unpaired) electrons. The summed E-state index contributed by atoms with van der Waals surface area (Å²) in [6.07, 6.45) is 1.38. The number of carboxylic acids is 1. The number of benzene rings is 2. The first-order valence-electron chi connectivity index (χ1n) is 7.89. The van der Waals surface area contributed by atoms with Crippen LogP contribution in [0.1, 0.15) is 16.7 Å². The minimum atomic E-state index is -3.57. The summed E-state index contributed by atoms with van der Waals surface area (Å²) >= 11 is 5.78. The van der Waals surface area contributed by atoms with Crippen LogP contribution in [0.4, 0.5) is 0 Å². The predicted octanol–water partition coefficient (Wildman–Crippen LogP) is -1.67. The van der Waals surface area contributed by atoms with E-state index < -0.39 is 16.0 Å². The van der Waals surface area contributed by atoms with Crippen LogP contribution >= 0.6 is 11.6 Å². The van der Waals surface area contributed by atoms with Crippen LogP contribution in [0.15, 0.2) is 47.4 Å². The number of carboxylic acid groups (broad SMARTS) is 1. The van der Waals surface area contributed by atoms with E-state index in [-0.39, 0.29) is 46.8 Å². The molecule has 132 valence electrons. The number of carbonyl (C=O) groups excluding carboxylic acids is 1. The largest absolute Gasteiger partial charge is 1.00 e. The van der Waals surface area contributed by atoms with E-state index in [0.29, 0.717) is 17.1 Å². The third-order valence-electron chi connectivity index (χ3n) is 4.32. The molecule has 26 heavy (non-hydrogen) atoms. The molecule has 2 aromatic carbocycles. The van der Waals surface area contributed by atoms with Gasteiger partial charge < -0.3 is 9.90 Å². The van der Waals surface area contributed by atoms with Crippen LogP contribution < -0.4 is 39.4 Å². The Morgan fingerprint density at radius 2 is 1.77 bits per heavy atom. The van der Waals surface area contributed by atoms with Gasteiger partial charge in [-0.1, -0.05) is 29.8 Å². The average molecular weight is 402 g/mol. The van der Waals surface area contributed by atoms with E-state index in [9.17, 15) is 18.3 Å². The van der Waals surface area contributed by atoms with Gasteiger partial charge in [-0.05, 0) is 59.7 Å². The van der Waals surface area contributed by atoms with Gasteiger partial charge in [-0.15, -0.1) is 0 Å². The molecule has 5 nitrogen and oxygen atoms in total. The number of rotatable bonds is 6. The summed E-state index contributed by atoms with van der Waals surface area (Å²) in [5.74, 6) is -0.958. The third kappa shape index (κ3) is 5.31. The Kier molecular flexibility index (Phi) is 7.30. The van der Waals surface area contributed by atoms with Gasteiger partial charge in [-0.2, -0.15) is 0 Å². The van der Waals surface area contributed by atoms with Crippen molar-refractivity contribution >= 4 is 27.6 Å². The van der Waals surface area contributed by atoms with Crippen molar-refractivity contribution < 1.29 is 47.9 Å². The molecule has 0 fully saturated rings. The molecular formula is C18H17ClNNaO4S. The first-order valence-corrected chi connectivity index (χ1v) is 9.75. The van der Waals surface area contributed by atoms with Crippen molar-refractivity contribution in [3.05, 3.63) is 64.2 Å². The van der Waals surface area contributed by atoms with Crippen molar-refractivity contribution in [2.24, 2.45) is 5.92 Å². The Hall–Kier alpha value is -0.890. The maximum absolute atomic E-state index is 12.3. The molecule has 0 saturated carbocycles. The van der Waals surface area contributed by atoms with Gasteiger partial charge in [0, 0.05) is 24.0 Å². The van der Waals surface area contributed by atoms with E-state index in [2.05, 4.69) is 4.72 Å². The summed E-state index contributed by atoms with van der Waals surface area (Å²) in [5.41, 5.74) is 2.92. The summed E-state index contributed by atoms with van der Waals surface area (Å²) in [5, 5.41) is 11.2. The van der Waals surface area contributed by atoms with Crippen molar-refractivity contribution in [1.82, 2.24) is 4.72 Å². The summed E-state index contributed by atoms with van der Waals surface area (Å²) < 4.78 is 27.3. The minimum Gasteiger partial charge on any atom is -0.550 e. The standard InChI is InChI=1S/C18H18ClNO4S.Na/c19-16-3-5-17(6-4-16)25(23,24)20-11-13-8-14-2-1-12(10-18(21)22)7-15(14)9-13;/h1-7,13,20H,8-11H2,(H,21,22);/q;+1/p-1. The fourth-order valence-electron chi connectivity index (χ4n) is 3.11. The molecule has 1 aliphatic carbocycles. The second-order valence-corrected chi connectivity index (χ2v) is 8.44. The first-order chi connectivity index (χ1) is 11.8. The minimum absolute atomic E-state index is 0. The SMILES string of the molecule is O=C([O-])Cc1ccc2c(c1)CC(CNS(=O)(=O)c1ccc(Cl)cc1)C2.[Na+].